The monoisotopic (exact) mass is 461 g/mol. The number of nitrogens with zero attached hydrogens (tertiary/aromatic N) is 2. The molecule has 3 aromatic rings. The highest BCUT2D eigenvalue weighted by Gasteiger charge is 2.37. The quantitative estimate of drug-likeness (QED) is 0.541. The van der Waals surface area contributed by atoms with Crippen LogP contribution >= 0.6 is 0 Å². The Bertz CT molecular complexity index is 1220. The Morgan fingerprint density at radius 3 is 2.59 bits per heavy atom. The summed E-state index contributed by atoms with van der Waals surface area (Å²) in [6.45, 7) is 4.55. The highest BCUT2D eigenvalue weighted by molar-refractivity contribution is 5.96. The summed E-state index contributed by atoms with van der Waals surface area (Å²) in [5.41, 5.74) is 3.78. The van der Waals surface area contributed by atoms with Gasteiger partial charge < -0.3 is 14.7 Å². The van der Waals surface area contributed by atoms with Crippen LogP contribution in [0.5, 0.6) is 5.88 Å². The van der Waals surface area contributed by atoms with E-state index in [4.69, 9.17) is 16.3 Å². The summed E-state index contributed by atoms with van der Waals surface area (Å²) in [6, 6.07) is 12.5. The van der Waals surface area contributed by atoms with Gasteiger partial charge in [0, 0.05) is 48.2 Å². The fraction of sp³-hybridized carbons (Fsp3) is 0.333. The minimum atomic E-state index is -1.47. The molecule has 1 aliphatic heterocycles. The molecule has 1 aliphatic rings. The standard InChI is InChI=1S/C27H28FN3O3/c1-4-20-6-9-22(10-7-20)27(28)11-13-31(14-12-27)26(33)21-8-5-18(2)23(17-21)24-19(3)25(30-29-24)34-16-15-32/h1,5-10,17,32H,11-16H2,2-3H3,(H,29,30). The summed E-state index contributed by atoms with van der Waals surface area (Å²) in [4.78, 5) is 15.0. The van der Waals surface area contributed by atoms with Crippen LogP contribution in [0.25, 0.3) is 11.3 Å². The van der Waals surface area contributed by atoms with Crippen LogP contribution in [-0.2, 0) is 5.67 Å². The largest absolute Gasteiger partial charge is 0.474 e. The number of rotatable bonds is 6. The fourth-order valence-electron chi connectivity index (χ4n) is 4.35. The highest BCUT2D eigenvalue weighted by atomic mass is 19.1. The molecule has 2 N–H and O–H groups in total. The molecule has 1 amide bonds. The first-order valence-corrected chi connectivity index (χ1v) is 11.3. The molecular formula is C27H28FN3O3. The lowest BCUT2D eigenvalue weighted by atomic mass is 9.85. The molecule has 1 saturated heterocycles. The first-order valence-electron chi connectivity index (χ1n) is 11.3. The van der Waals surface area contributed by atoms with Crippen LogP contribution in [0.3, 0.4) is 0 Å². The van der Waals surface area contributed by atoms with Crippen molar-refractivity contribution in [3.63, 3.8) is 0 Å². The molecule has 176 valence electrons. The lowest BCUT2D eigenvalue weighted by Crippen LogP contribution is -2.43. The van der Waals surface area contributed by atoms with Crippen molar-refractivity contribution in [3.05, 3.63) is 70.3 Å². The van der Waals surface area contributed by atoms with Crippen LogP contribution in [0.4, 0.5) is 4.39 Å². The second-order valence-electron chi connectivity index (χ2n) is 8.61. The maximum absolute atomic E-state index is 15.6. The number of alkyl halides is 1. The highest BCUT2D eigenvalue weighted by Crippen LogP contribution is 2.38. The third-order valence-corrected chi connectivity index (χ3v) is 6.46. The Morgan fingerprint density at radius 1 is 1.24 bits per heavy atom. The number of nitrogens with one attached hydrogen (secondary N) is 1. The Kier molecular flexibility index (Phi) is 6.71. The minimum Gasteiger partial charge on any atom is -0.474 e. The van der Waals surface area contributed by atoms with Crippen molar-refractivity contribution in [1.82, 2.24) is 15.1 Å². The number of likely N-dealkylation sites (tertiary alicyclic amines) is 1. The Balaban J connectivity index is 1.50. The molecule has 0 radical (unpaired) electrons. The third-order valence-electron chi connectivity index (χ3n) is 6.46. The number of carbonyl (C=O) groups excluding carboxylic acids is 1. The van der Waals surface area contributed by atoms with Crippen LogP contribution < -0.4 is 4.74 Å². The number of aliphatic hydroxyl groups excluding tert-OH is 1. The number of piperidine rings is 1. The van der Waals surface area contributed by atoms with E-state index < -0.39 is 5.67 Å². The number of hydrogen-bond donors (Lipinski definition) is 2. The SMILES string of the molecule is C#Cc1ccc(C2(F)CCN(C(=O)c3ccc(C)c(-c4[nH]nc(OCCO)c4C)c3)CC2)cc1. The number of terminal acetylenes is 1. The van der Waals surface area contributed by atoms with Crippen molar-refractivity contribution in [2.45, 2.75) is 32.4 Å². The second kappa shape index (κ2) is 9.70. The summed E-state index contributed by atoms with van der Waals surface area (Å²) in [5.74, 6) is 2.84. The van der Waals surface area contributed by atoms with E-state index in [2.05, 4.69) is 16.1 Å². The van der Waals surface area contributed by atoms with Gasteiger partial charge >= 0.3 is 0 Å². The molecule has 0 spiro atoms. The van der Waals surface area contributed by atoms with Crippen LogP contribution in [0.15, 0.2) is 42.5 Å². The molecule has 7 heteroatoms. The number of halogens is 1. The zero-order valence-electron chi connectivity index (χ0n) is 19.4. The van der Waals surface area contributed by atoms with Crippen molar-refractivity contribution in [2.24, 2.45) is 0 Å². The van der Waals surface area contributed by atoms with Crippen LogP contribution in [0.1, 0.15) is 45.5 Å². The van der Waals surface area contributed by atoms with Gasteiger partial charge in [-0.25, -0.2) is 4.39 Å². The minimum absolute atomic E-state index is 0.100. The molecule has 34 heavy (non-hydrogen) atoms. The number of hydrogen-bond acceptors (Lipinski definition) is 4. The van der Waals surface area contributed by atoms with E-state index in [1.165, 1.54) is 0 Å². The first kappa shape index (κ1) is 23.5. The van der Waals surface area contributed by atoms with Gasteiger partial charge in [-0.15, -0.1) is 11.5 Å². The molecule has 0 aliphatic carbocycles. The van der Waals surface area contributed by atoms with E-state index in [1.807, 2.05) is 26.0 Å². The smallest absolute Gasteiger partial charge is 0.253 e. The van der Waals surface area contributed by atoms with Gasteiger partial charge in [0.05, 0.1) is 12.3 Å². The second-order valence-corrected chi connectivity index (χ2v) is 8.61. The Morgan fingerprint density at radius 2 is 1.94 bits per heavy atom. The van der Waals surface area contributed by atoms with Gasteiger partial charge in [0.15, 0.2) is 0 Å². The molecule has 2 heterocycles. The molecule has 6 nitrogen and oxygen atoms in total. The number of ether oxygens (including phenoxy) is 1. The van der Waals surface area contributed by atoms with E-state index in [0.29, 0.717) is 30.1 Å². The number of aromatic amines is 1. The number of aromatic nitrogens is 2. The van der Waals surface area contributed by atoms with Crippen molar-refractivity contribution in [1.29, 1.82) is 0 Å². The first-order chi connectivity index (χ1) is 16.4. The van der Waals surface area contributed by atoms with Gasteiger partial charge in [-0.2, -0.15) is 0 Å². The predicted octanol–water partition coefficient (Wildman–Crippen LogP) is 4.15. The van der Waals surface area contributed by atoms with Crippen molar-refractivity contribution in [3.8, 4) is 29.5 Å². The molecule has 1 fully saturated rings. The van der Waals surface area contributed by atoms with Crippen LogP contribution in [0.2, 0.25) is 0 Å². The van der Waals surface area contributed by atoms with Gasteiger partial charge in [-0.3, -0.25) is 9.89 Å². The Labute approximate surface area is 198 Å². The molecule has 0 saturated carbocycles. The van der Waals surface area contributed by atoms with E-state index >= 15 is 4.39 Å². The van der Waals surface area contributed by atoms with E-state index in [-0.39, 0.29) is 32.0 Å². The number of H-pyrrole nitrogens is 1. The number of aliphatic hydroxyl groups is 1. The molecule has 0 atom stereocenters. The number of amides is 1. The van der Waals surface area contributed by atoms with Gasteiger partial charge in [0.2, 0.25) is 5.88 Å². The average molecular weight is 462 g/mol. The van der Waals surface area contributed by atoms with Crippen molar-refractivity contribution < 1.29 is 19.0 Å². The predicted molar refractivity (Wildman–Crippen MR) is 128 cm³/mol. The molecule has 0 bridgehead atoms. The lowest BCUT2D eigenvalue weighted by Gasteiger charge is -2.37. The van der Waals surface area contributed by atoms with Crippen molar-refractivity contribution >= 4 is 5.91 Å². The van der Waals surface area contributed by atoms with Crippen molar-refractivity contribution in [2.75, 3.05) is 26.3 Å². The maximum Gasteiger partial charge on any atom is 0.253 e. The Hall–Kier alpha value is -3.63. The number of benzene rings is 2. The number of carbonyl (C=O) groups is 1. The zero-order valence-corrected chi connectivity index (χ0v) is 19.4. The van der Waals surface area contributed by atoms with Gasteiger partial charge in [-0.05, 0) is 49.2 Å². The fourth-order valence-corrected chi connectivity index (χ4v) is 4.35. The third kappa shape index (κ3) is 4.55. The summed E-state index contributed by atoms with van der Waals surface area (Å²) >= 11 is 0. The lowest BCUT2D eigenvalue weighted by molar-refractivity contribution is 0.0421. The average Bonchev–Trinajstić information content (AvgIpc) is 3.23. The van der Waals surface area contributed by atoms with Crippen LogP contribution in [0, 0.1) is 26.2 Å². The summed E-state index contributed by atoms with van der Waals surface area (Å²) in [6.07, 6.45) is 5.86. The molecular weight excluding hydrogens is 433 g/mol. The van der Waals surface area contributed by atoms with E-state index in [9.17, 15) is 4.79 Å². The van der Waals surface area contributed by atoms with Gasteiger partial charge in [0.25, 0.3) is 5.91 Å². The molecule has 0 unspecified atom stereocenters. The van der Waals surface area contributed by atoms with E-state index in [1.54, 1.807) is 35.2 Å². The van der Waals surface area contributed by atoms with E-state index in [0.717, 1.165) is 27.9 Å². The summed E-state index contributed by atoms with van der Waals surface area (Å²) < 4.78 is 21.1. The molecule has 4 rings (SSSR count). The van der Waals surface area contributed by atoms with Crippen LogP contribution in [-0.4, -0.2) is 52.4 Å². The normalized spacial score (nSPS) is 15.1. The topological polar surface area (TPSA) is 78.5 Å². The maximum atomic E-state index is 15.6. The number of aryl methyl sites for hydroxylation is 1. The summed E-state index contributed by atoms with van der Waals surface area (Å²) in [7, 11) is 0. The molecule has 2 aromatic carbocycles. The van der Waals surface area contributed by atoms with Gasteiger partial charge in [0.1, 0.15) is 12.3 Å². The zero-order chi connectivity index (χ0) is 24.3. The van der Waals surface area contributed by atoms with Gasteiger partial charge in [-0.1, -0.05) is 24.1 Å². The summed E-state index contributed by atoms with van der Waals surface area (Å²) in [5, 5.41) is 16.2. The molecule has 1 aromatic heterocycles.